The van der Waals surface area contributed by atoms with Crippen LogP contribution in [0.4, 0.5) is 0 Å². The van der Waals surface area contributed by atoms with Gasteiger partial charge in [-0.15, -0.1) is 0 Å². The summed E-state index contributed by atoms with van der Waals surface area (Å²) in [7, 11) is 0. The molecule has 0 amide bonds. The lowest BCUT2D eigenvalue weighted by atomic mass is 9.60. The molecule has 2 atom stereocenters. The van der Waals surface area contributed by atoms with E-state index in [1.807, 2.05) is 6.92 Å². The average Bonchev–Trinajstić information content (AvgIpc) is 2.22. The predicted molar refractivity (Wildman–Crippen MR) is 57.0 cm³/mol. The summed E-state index contributed by atoms with van der Waals surface area (Å²) in [4.78, 5) is 11.3. The fourth-order valence-corrected chi connectivity index (χ4v) is 3.73. The van der Waals surface area contributed by atoms with Crippen LogP contribution >= 0.6 is 0 Å². The van der Waals surface area contributed by atoms with Crippen molar-refractivity contribution >= 4 is 5.97 Å². The average molecular weight is 206 g/mol. The maximum Gasteiger partial charge on any atom is 0.310 e. The van der Waals surface area contributed by atoms with E-state index in [4.69, 9.17) is 4.74 Å². The van der Waals surface area contributed by atoms with Crippen molar-refractivity contribution in [2.75, 3.05) is 0 Å². The minimum Gasteiger partial charge on any atom is -0.431 e. The first kappa shape index (κ1) is 9.44. The Morgan fingerprint density at radius 2 is 1.93 bits per heavy atom. The third-order valence-electron chi connectivity index (χ3n) is 4.20. The van der Waals surface area contributed by atoms with Gasteiger partial charge >= 0.3 is 5.97 Å². The predicted octanol–water partition coefficient (Wildman–Crippen LogP) is 3.03. The van der Waals surface area contributed by atoms with Crippen molar-refractivity contribution in [1.29, 1.82) is 0 Å². The molecule has 0 saturated heterocycles. The summed E-state index contributed by atoms with van der Waals surface area (Å²) < 4.78 is 5.52. The van der Waals surface area contributed by atoms with Crippen LogP contribution in [0, 0.1) is 17.8 Å². The Bertz CT molecular complexity index is 313. The van der Waals surface area contributed by atoms with E-state index >= 15 is 0 Å². The fourth-order valence-electron chi connectivity index (χ4n) is 3.73. The van der Waals surface area contributed by atoms with Gasteiger partial charge in [-0.1, -0.05) is 6.92 Å². The minimum absolute atomic E-state index is 0.0510. The van der Waals surface area contributed by atoms with Crippen LogP contribution in [-0.2, 0) is 9.53 Å². The van der Waals surface area contributed by atoms with Gasteiger partial charge in [-0.2, -0.15) is 0 Å². The molecule has 0 aromatic carbocycles. The molecule has 2 nitrogen and oxygen atoms in total. The highest BCUT2D eigenvalue weighted by molar-refractivity contribution is 5.70. The molecule has 82 valence electrons. The lowest BCUT2D eigenvalue weighted by molar-refractivity contribution is -0.141. The topological polar surface area (TPSA) is 26.3 Å². The summed E-state index contributed by atoms with van der Waals surface area (Å²) >= 11 is 0. The largest absolute Gasteiger partial charge is 0.431 e. The molecule has 2 heteroatoms. The summed E-state index contributed by atoms with van der Waals surface area (Å²) in [5.41, 5.74) is 1.47. The van der Waals surface area contributed by atoms with E-state index in [0.717, 1.165) is 17.6 Å². The van der Waals surface area contributed by atoms with Crippen LogP contribution in [0.1, 0.15) is 45.4 Å². The van der Waals surface area contributed by atoms with Gasteiger partial charge in [0, 0.05) is 12.3 Å². The molecule has 2 fully saturated rings. The molecular formula is C13H18O2. The zero-order valence-electron chi connectivity index (χ0n) is 9.29. The SMILES string of the molecule is CCC(=O)OC1=C2CC3CC(C2)CC1C3. The van der Waals surface area contributed by atoms with E-state index in [1.165, 1.54) is 37.7 Å². The zero-order chi connectivity index (χ0) is 10.4. The Labute approximate surface area is 90.7 Å². The van der Waals surface area contributed by atoms with E-state index in [2.05, 4.69) is 0 Å². The lowest BCUT2D eigenvalue weighted by Crippen LogP contribution is -2.36. The molecule has 0 spiro atoms. The third kappa shape index (κ3) is 1.51. The molecule has 0 radical (unpaired) electrons. The van der Waals surface area contributed by atoms with Gasteiger partial charge < -0.3 is 4.74 Å². The molecule has 4 aliphatic rings. The van der Waals surface area contributed by atoms with Crippen LogP contribution in [0.5, 0.6) is 0 Å². The van der Waals surface area contributed by atoms with Crippen molar-refractivity contribution in [3.8, 4) is 0 Å². The lowest BCUT2D eigenvalue weighted by Gasteiger charge is -2.46. The Kier molecular flexibility index (Phi) is 2.11. The highest BCUT2D eigenvalue weighted by Gasteiger charge is 2.43. The summed E-state index contributed by atoms with van der Waals surface area (Å²) in [5, 5.41) is 0. The standard InChI is InChI=1S/C13H18O2/c1-2-12(14)15-13-10-4-8-3-9(6-10)7-11(13)5-8/h8-10H,2-7H2,1H3. The Balaban J connectivity index is 1.85. The van der Waals surface area contributed by atoms with Gasteiger partial charge in [-0.3, -0.25) is 4.79 Å². The molecule has 0 heterocycles. The van der Waals surface area contributed by atoms with Crippen LogP contribution in [0.2, 0.25) is 0 Å². The second-order valence-electron chi connectivity index (χ2n) is 5.34. The number of hydrogen-bond donors (Lipinski definition) is 0. The molecule has 4 bridgehead atoms. The van der Waals surface area contributed by atoms with E-state index in [-0.39, 0.29) is 5.97 Å². The molecule has 0 N–H and O–H groups in total. The van der Waals surface area contributed by atoms with Gasteiger partial charge in [0.1, 0.15) is 5.76 Å². The maximum absolute atomic E-state index is 11.3. The molecule has 0 aromatic rings. The summed E-state index contributed by atoms with van der Waals surface area (Å²) in [6.07, 6.45) is 6.88. The first-order chi connectivity index (χ1) is 7.26. The minimum atomic E-state index is -0.0510. The van der Waals surface area contributed by atoms with Gasteiger partial charge in [-0.25, -0.2) is 0 Å². The normalized spacial score (nSPS) is 37.3. The van der Waals surface area contributed by atoms with E-state index < -0.39 is 0 Å². The number of hydrogen-bond acceptors (Lipinski definition) is 2. The summed E-state index contributed by atoms with van der Waals surface area (Å²) in [5.74, 6) is 3.42. The highest BCUT2D eigenvalue weighted by atomic mass is 16.5. The number of ether oxygens (including phenoxy) is 1. The number of allylic oxidation sites excluding steroid dienone is 2. The second-order valence-corrected chi connectivity index (χ2v) is 5.34. The Morgan fingerprint density at radius 3 is 2.47 bits per heavy atom. The van der Waals surface area contributed by atoms with Crippen molar-refractivity contribution in [2.24, 2.45) is 17.8 Å². The van der Waals surface area contributed by atoms with Crippen LogP contribution < -0.4 is 0 Å². The van der Waals surface area contributed by atoms with Gasteiger partial charge in [0.2, 0.25) is 0 Å². The Morgan fingerprint density at radius 1 is 1.27 bits per heavy atom. The number of carbonyl (C=O) groups is 1. The number of carbonyl (C=O) groups excluding carboxylic acids is 1. The molecular weight excluding hydrogens is 188 g/mol. The summed E-state index contributed by atoms with van der Waals surface area (Å²) in [6, 6.07) is 0. The van der Waals surface area contributed by atoms with Crippen LogP contribution in [-0.4, -0.2) is 5.97 Å². The third-order valence-corrected chi connectivity index (χ3v) is 4.20. The zero-order valence-corrected chi connectivity index (χ0v) is 9.29. The second kappa shape index (κ2) is 3.36. The molecule has 4 aliphatic carbocycles. The van der Waals surface area contributed by atoms with Crippen molar-refractivity contribution in [1.82, 2.24) is 0 Å². The molecule has 0 aromatic heterocycles. The van der Waals surface area contributed by atoms with Crippen LogP contribution in [0.15, 0.2) is 11.3 Å². The van der Waals surface area contributed by atoms with E-state index in [9.17, 15) is 4.79 Å². The maximum atomic E-state index is 11.3. The molecule has 2 unspecified atom stereocenters. The van der Waals surface area contributed by atoms with Crippen molar-refractivity contribution < 1.29 is 9.53 Å². The Hall–Kier alpha value is -0.790. The van der Waals surface area contributed by atoms with Crippen LogP contribution in [0.25, 0.3) is 0 Å². The smallest absolute Gasteiger partial charge is 0.310 e. The van der Waals surface area contributed by atoms with E-state index in [0.29, 0.717) is 12.3 Å². The molecule has 15 heavy (non-hydrogen) atoms. The monoisotopic (exact) mass is 206 g/mol. The van der Waals surface area contributed by atoms with Gasteiger partial charge in [0.05, 0.1) is 0 Å². The highest BCUT2D eigenvalue weighted by Crippen LogP contribution is 2.53. The van der Waals surface area contributed by atoms with Crippen molar-refractivity contribution in [3.63, 3.8) is 0 Å². The quantitative estimate of drug-likeness (QED) is 0.649. The van der Waals surface area contributed by atoms with Crippen molar-refractivity contribution in [2.45, 2.75) is 45.4 Å². The van der Waals surface area contributed by atoms with E-state index in [1.54, 1.807) is 0 Å². The molecule has 2 saturated carbocycles. The first-order valence-electron chi connectivity index (χ1n) is 6.18. The van der Waals surface area contributed by atoms with Gasteiger partial charge in [-0.05, 0) is 49.5 Å². The van der Waals surface area contributed by atoms with Gasteiger partial charge in [0.15, 0.2) is 0 Å². The van der Waals surface area contributed by atoms with Crippen molar-refractivity contribution in [3.05, 3.63) is 11.3 Å². The fraction of sp³-hybridized carbons (Fsp3) is 0.769. The first-order valence-corrected chi connectivity index (χ1v) is 6.18. The molecule has 0 aliphatic heterocycles. The number of rotatable bonds is 2. The number of esters is 1. The van der Waals surface area contributed by atoms with Crippen LogP contribution in [0.3, 0.4) is 0 Å². The summed E-state index contributed by atoms with van der Waals surface area (Å²) in [6.45, 7) is 1.86. The molecule has 4 rings (SSSR count). The van der Waals surface area contributed by atoms with Gasteiger partial charge in [0.25, 0.3) is 0 Å².